The van der Waals surface area contributed by atoms with Crippen molar-refractivity contribution in [3.8, 4) is 0 Å². The summed E-state index contributed by atoms with van der Waals surface area (Å²) in [4.78, 5) is 36.8. The van der Waals surface area contributed by atoms with Crippen LogP contribution in [0.1, 0.15) is 48.9 Å². The monoisotopic (exact) mass is 356 g/mol. The van der Waals surface area contributed by atoms with Crippen LogP contribution >= 0.6 is 0 Å². The van der Waals surface area contributed by atoms with E-state index in [-0.39, 0.29) is 24.4 Å². The Morgan fingerprint density at radius 3 is 2.27 bits per heavy atom. The van der Waals surface area contributed by atoms with Crippen LogP contribution in [0.15, 0.2) is 24.3 Å². The van der Waals surface area contributed by atoms with E-state index in [2.05, 4.69) is 16.0 Å². The van der Waals surface area contributed by atoms with Crippen LogP contribution in [0.4, 0.5) is 10.5 Å². The molecule has 4 amide bonds. The van der Waals surface area contributed by atoms with E-state index in [4.69, 9.17) is 0 Å². The topological polar surface area (TPSA) is 90.5 Å². The van der Waals surface area contributed by atoms with Gasteiger partial charge < -0.3 is 10.6 Å². The maximum atomic E-state index is 12.5. The lowest BCUT2D eigenvalue weighted by atomic mass is 9.85. The number of rotatable bonds is 5. The number of hydrogen-bond acceptors (Lipinski definition) is 4. The van der Waals surface area contributed by atoms with Gasteiger partial charge in [0, 0.05) is 29.4 Å². The van der Waals surface area contributed by atoms with Crippen molar-refractivity contribution in [2.75, 3.05) is 11.4 Å². The molecule has 1 heterocycles. The lowest BCUT2D eigenvalue weighted by Crippen LogP contribution is -2.58. The van der Waals surface area contributed by atoms with Gasteiger partial charge >= 0.3 is 6.03 Å². The molecule has 1 aromatic rings. The Morgan fingerprint density at radius 1 is 1.00 bits per heavy atom. The van der Waals surface area contributed by atoms with Crippen molar-refractivity contribution < 1.29 is 14.4 Å². The Hall–Kier alpha value is -2.41. The van der Waals surface area contributed by atoms with Crippen LogP contribution in [-0.4, -0.2) is 42.5 Å². The maximum Gasteiger partial charge on any atom is 0.329 e. The van der Waals surface area contributed by atoms with Crippen molar-refractivity contribution in [1.82, 2.24) is 16.0 Å². The van der Waals surface area contributed by atoms with Crippen LogP contribution < -0.4 is 20.9 Å². The molecule has 3 fully saturated rings. The first-order chi connectivity index (χ1) is 12.6. The SMILES string of the molecule is O=C1CN(c2ccc(C(=O)N[C@@H]3CC[C@@H]3NC3CCCC3)cc2)C(=O)N1. The first kappa shape index (κ1) is 17.0. The molecule has 0 unspecified atom stereocenters. The lowest BCUT2D eigenvalue weighted by molar-refractivity contribution is -0.117. The van der Waals surface area contributed by atoms with Gasteiger partial charge in [0.1, 0.15) is 6.54 Å². The maximum absolute atomic E-state index is 12.5. The van der Waals surface area contributed by atoms with Crippen LogP contribution in [0.5, 0.6) is 0 Å². The average Bonchev–Trinajstić information content (AvgIpc) is 3.26. The zero-order valence-electron chi connectivity index (χ0n) is 14.7. The van der Waals surface area contributed by atoms with Crippen LogP contribution in [0.25, 0.3) is 0 Å². The summed E-state index contributed by atoms with van der Waals surface area (Å²) in [5, 5.41) is 9.03. The Bertz CT molecular complexity index is 712. The number of carbonyl (C=O) groups excluding carboxylic acids is 3. The minimum absolute atomic E-state index is 0.0148. The summed E-state index contributed by atoms with van der Waals surface area (Å²) in [5.41, 5.74) is 1.17. The van der Waals surface area contributed by atoms with E-state index in [0.29, 0.717) is 23.3 Å². The minimum Gasteiger partial charge on any atom is -0.348 e. The second kappa shape index (κ2) is 7.07. The zero-order valence-corrected chi connectivity index (χ0v) is 14.7. The molecule has 7 heteroatoms. The summed E-state index contributed by atoms with van der Waals surface area (Å²) in [5.74, 6) is -0.413. The number of benzene rings is 1. The second-order valence-electron chi connectivity index (χ2n) is 7.40. The van der Waals surface area contributed by atoms with Gasteiger partial charge in [-0.3, -0.25) is 19.8 Å². The number of hydrogen-bond donors (Lipinski definition) is 3. The van der Waals surface area contributed by atoms with E-state index >= 15 is 0 Å². The number of amides is 4. The van der Waals surface area contributed by atoms with Crippen LogP contribution in [0, 0.1) is 0 Å². The highest BCUT2D eigenvalue weighted by Gasteiger charge is 2.34. The van der Waals surface area contributed by atoms with Gasteiger partial charge in [0.15, 0.2) is 0 Å². The molecule has 1 aliphatic heterocycles. The fourth-order valence-electron chi connectivity index (χ4n) is 3.96. The molecule has 26 heavy (non-hydrogen) atoms. The first-order valence-corrected chi connectivity index (χ1v) is 9.38. The standard InChI is InChI=1S/C19H24N4O3/c24-17-11-23(19(26)22-17)14-7-5-12(6-8-14)18(25)21-16-10-9-15(16)20-13-3-1-2-4-13/h5-8,13,15-16,20H,1-4,9-11H2,(H,21,25)(H,22,24,26)/t15-,16+/m0/s1. The number of nitrogens with zero attached hydrogens (tertiary/aromatic N) is 1. The molecule has 3 N–H and O–H groups in total. The van der Waals surface area contributed by atoms with Gasteiger partial charge in [0.25, 0.3) is 5.91 Å². The molecule has 0 spiro atoms. The third-order valence-corrected chi connectivity index (χ3v) is 5.63. The van der Waals surface area contributed by atoms with Gasteiger partial charge in [0.2, 0.25) is 5.91 Å². The Labute approximate surface area is 152 Å². The summed E-state index contributed by atoms with van der Waals surface area (Å²) in [6, 6.07) is 7.52. The van der Waals surface area contributed by atoms with Gasteiger partial charge in [-0.05, 0) is 49.9 Å². The zero-order chi connectivity index (χ0) is 18.1. The van der Waals surface area contributed by atoms with Crippen molar-refractivity contribution in [2.45, 2.75) is 56.7 Å². The van der Waals surface area contributed by atoms with Crippen LogP contribution in [-0.2, 0) is 4.79 Å². The van der Waals surface area contributed by atoms with Gasteiger partial charge in [-0.15, -0.1) is 0 Å². The van der Waals surface area contributed by atoms with Gasteiger partial charge in [-0.25, -0.2) is 4.79 Å². The first-order valence-electron chi connectivity index (χ1n) is 9.38. The predicted octanol–water partition coefficient (Wildman–Crippen LogP) is 1.54. The smallest absolute Gasteiger partial charge is 0.329 e. The van der Waals surface area contributed by atoms with E-state index in [1.54, 1.807) is 24.3 Å². The molecule has 1 aromatic carbocycles. The van der Waals surface area contributed by atoms with E-state index in [1.807, 2.05) is 0 Å². The van der Waals surface area contributed by atoms with Gasteiger partial charge in [-0.2, -0.15) is 0 Å². The van der Waals surface area contributed by atoms with E-state index in [1.165, 1.54) is 30.6 Å². The highest BCUT2D eigenvalue weighted by Crippen LogP contribution is 2.25. The quantitative estimate of drug-likeness (QED) is 0.698. The highest BCUT2D eigenvalue weighted by atomic mass is 16.2. The number of nitrogens with one attached hydrogen (secondary N) is 3. The summed E-state index contributed by atoms with van der Waals surface area (Å²) >= 11 is 0. The minimum atomic E-state index is -0.428. The number of urea groups is 1. The molecular weight excluding hydrogens is 332 g/mol. The summed E-state index contributed by atoms with van der Waals surface area (Å²) < 4.78 is 0. The van der Waals surface area contributed by atoms with Gasteiger partial charge in [-0.1, -0.05) is 12.8 Å². The molecule has 3 aliphatic rings. The number of anilines is 1. The third kappa shape index (κ3) is 3.44. The van der Waals surface area contributed by atoms with Crippen molar-refractivity contribution in [3.05, 3.63) is 29.8 Å². The Morgan fingerprint density at radius 2 is 1.69 bits per heavy atom. The largest absolute Gasteiger partial charge is 0.348 e. The Balaban J connectivity index is 1.33. The highest BCUT2D eigenvalue weighted by molar-refractivity contribution is 6.12. The average molecular weight is 356 g/mol. The van der Waals surface area contributed by atoms with Crippen molar-refractivity contribution in [2.24, 2.45) is 0 Å². The van der Waals surface area contributed by atoms with E-state index in [0.717, 1.165) is 12.8 Å². The fraction of sp³-hybridized carbons (Fsp3) is 0.526. The molecule has 2 aliphatic carbocycles. The third-order valence-electron chi connectivity index (χ3n) is 5.63. The summed E-state index contributed by atoms with van der Waals surface area (Å²) in [6.07, 6.45) is 7.20. The predicted molar refractivity (Wildman–Crippen MR) is 97.0 cm³/mol. The molecule has 0 bridgehead atoms. The van der Waals surface area contributed by atoms with E-state index in [9.17, 15) is 14.4 Å². The van der Waals surface area contributed by atoms with E-state index < -0.39 is 6.03 Å². The Kier molecular flexibility index (Phi) is 4.63. The summed E-state index contributed by atoms with van der Waals surface area (Å²) in [7, 11) is 0. The molecule has 4 rings (SSSR count). The van der Waals surface area contributed by atoms with Crippen molar-refractivity contribution in [3.63, 3.8) is 0 Å². The molecule has 0 aromatic heterocycles. The number of imide groups is 1. The molecule has 138 valence electrons. The van der Waals surface area contributed by atoms with Crippen molar-refractivity contribution >= 4 is 23.5 Å². The molecular formula is C19H24N4O3. The molecule has 7 nitrogen and oxygen atoms in total. The molecule has 1 saturated heterocycles. The van der Waals surface area contributed by atoms with Gasteiger partial charge in [0.05, 0.1) is 0 Å². The second-order valence-corrected chi connectivity index (χ2v) is 7.40. The molecule has 0 radical (unpaired) electrons. The molecule has 2 saturated carbocycles. The van der Waals surface area contributed by atoms with Crippen LogP contribution in [0.3, 0.4) is 0 Å². The lowest BCUT2D eigenvalue weighted by Gasteiger charge is -2.39. The normalized spacial score (nSPS) is 25.9. The van der Waals surface area contributed by atoms with Crippen LogP contribution in [0.2, 0.25) is 0 Å². The summed E-state index contributed by atoms with van der Waals surface area (Å²) in [6.45, 7) is 0.0148. The molecule has 2 atom stereocenters. The fourth-order valence-corrected chi connectivity index (χ4v) is 3.96. The van der Waals surface area contributed by atoms with Crippen molar-refractivity contribution in [1.29, 1.82) is 0 Å². The number of carbonyl (C=O) groups is 3.